The van der Waals surface area contributed by atoms with E-state index in [0.29, 0.717) is 25.3 Å². The lowest BCUT2D eigenvalue weighted by Crippen LogP contribution is -2.52. The van der Waals surface area contributed by atoms with E-state index in [1.807, 2.05) is 18.2 Å². The normalized spacial score (nSPS) is 18.3. The third-order valence-electron chi connectivity index (χ3n) is 5.08. The number of hydrogen-bond donors (Lipinski definition) is 1. The zero-order valence-electron chi connectivity index (χ0n) is 15.2. The van der Waals surface area contributed by atoms with E-state index in [1.165, 1.54) is 11.8 Å². The Bertz CT molecular complexity index is 712. The van der Waals surface area contributed by atoms with Crippen molar-refractivity contribution < 1.29 is 14.0 Å². The summed E-state index contributed by atoms with van der Waals surface area (Å²) in [5, 5.41) is 3.07. The van der Waals surface area contributed by atoms with Gasteiger partial charge in [-0.3, -0.25) is 9.59 Å². The number of nitrogens with one attached hydrogen (secondary N) is 1. The fraction of sp³-hybridized carbons (Fsp3) is 0.429. The summed E-state index contributed by atoms with van der Waals surface area (Å²) in [4.78, 5) is 27.1. The standard InChI is InChI=1S/C21H26N2O3/c1-2-16(17-9-4-3-5-10-17)15-22-20(24)18-11-6-7-13-23(18)21(25)19-12-8-14-26-19/h3-5,8-10,12,14,16,18H,2,6-7,11,13,15H2,1H3,(H,22,24). The average Bonchev–Trinajstić information content (AvgIpc) is 3.23. The smallest absolute Gasteiger partial charge is 0.290 e. The second kappa shape index (κ2) is 8.70. The van der Waals surface area contributed by atoms with Crippen molar-refractivity contribution in [2.45, 2.75) is 44.6 Å². The van der Waals surface area contributed by atoms with E-state index in [1.54, 1.807) is 17.0 Å². The molecule has 2 atom stereocenters. The number of amides is 2. The molecule has 1 aliphatic heterocycles. The van der Waals surface area contributed by atoms with E-state index in [2.05, 4.69) is 24.4 Å². The number of rotatable bonds is 6. The van der Waals surface area contributed by atoms with Crippen molar-refractivity contribution in [1.29, 1.82) is 0 Å². The van der Waals surface area contributed by atoms with Crippen molar-refractivity contribution in [1.82, 2.24) is 10.2 Å². The number of furan rings is 1. The summed E-state index contributed by atoms with van der Waals surface area (Å²) >= 11 is 0. The maximum absolute atomic E-state index is 12.8. The molecule has 5 heteroatoms. The van der Waals surface area contributed by atoms with Crippen LogP contribution in [0.2, 0.25) is 0 Å². The fourth-order valence-electron chi connectivity index (χ4n) is 3.55. The van der Waals surface area contributed by atoms with Gasteiger partial charge in [-0.15, -0.1) is 0 Å². The molecule has 2 amide bonds. The molecule has 138 valence electrons. The first-order valence-corrected chi connectivity index (χ1v) is 9.37. The minimum atomic E-state index is -0.422. The Morgan fingerprint density at radius 1 is 1.19 bits per heavy atom. The highest BCUT2D eigenvalue weighted by molar-refractivity contribution is 5.95. The molecular weight excluding hydrogens is 328 g/mol. The summed E-state index contributed by atoms with van der Waals surface area (Å²) in [6, 6.07) is 13.1. The van der Waals surface area contributed by atoms with E-state index < -0.39 is 6.04 Å². The van der Waals surface area contributed by atoms with Crippen molar-refractivity contribution in [3.63, 3.8) is 0 Å². The molecule has 1 N–H and O–H groups in total. The molecule has 1 saturated heterocycles. The lowest BCUT2D eigenvalue weighted by molar-refractivity contribution is -0.126. The van der Waals surface area contributed by atoms with Crippen LogP contribution in [0.5, 0.6) is 0 Å². The van der Waals surface area contributed by atoms with E-state index >= 15 is 0 Å². The van der Waals surface area contributed by atoms with Gasteiger partial charge >= 0.3 is 0 Å². The van der Waals surface area contributed by atoms with E-state index in [-0.39, 0.29) is 17.7 Å². The Morgan fingerprint density at radius 2 is 2.00 bits per heavy atom. The first kappa shape index (κ1) is 18.2. The molecule has 1 fully saturated rings. The summed E-state index contributed by atoms with van der Waals surface area (Å²) in [7, 11) is 0. The van der Waals surface area contributed by atoms with Gasteiger partial charge in [0.25, 0.3) is 5.91 Å². The average molecular weight is 354 g/mol. The summed E-state index contributed by atoms with van der Waals surface area (Å²) in [5.74, 6) is 0.294. The number of hydrogen-bond acceptors (Lipinski definition) is 3. The highest BCUT2D eigenvalue weighted by Crippen LogP contribution is 2.22. The van der Waals surface area contributed by atoms with Gasteiger partial charge in [0.05, 0.1) is 6.26 Å². The minimum absolute atomic E-state index is 0.0704. The van der Waals surface area contributed by atoms with Gasteiger partial charge in [0.2, 0.25) is 5.91 Å². The van der Waals surface area contributed by atoms with Gasteiger partial charge < -0.3 is 14.6 Å². The quantitative estimate of drug-likeness (QED) is 0.862. The predicted octanol–water partition coefficient (Wildman–Crippen LogP) is 3.58. The molecule has 2 heterocycles. The fourth-order valence-corrected chi connectivity index (χ4v) is 3.55. The third-order valence-corrected chi connectivity index (χ3v) is 5.08. The Hall–Kier alpha value is -2.56. The number of carbonyl (C=O) groups is 2. The number of nitrogens with zero attached hydrogens (tertiary/aromatic N) is 1. The number of benzene rings is 1. The van der Waals surface area contributed by atoms with Crippen LogP contribution in [0.15, 0.2) is 53.1 Å². The van der Waals surface area contributed by atoms with Gasteiger partial charge in [0, 0.05) is 19.0 Å². The van der Waals surface area contributed by atoms with E-state index in [4.69, 9.17) is 4.42 Å². The van der Waals surface area contributed by atoms with Gasteiger partial charge in [-0.2, -0.15) is 0 Å². The summed E-state index contributed by atoms with van der Waals surface area (Å²) in [6.07, 6.45) is 5.00. The Morgan fingerprint density at radius 3 is 2.69 bits per heavy atom. The zero-order valence-corrected chi connectivity index (χ0v) is 15.2. The summed E-state index contributed by atoms with van der Waals surface area (Å²) in [5.41, 5.74) is 1.22. The van der Waals surface area contributed by atoms with Crippen LogP contribution in [0.4, 0.5) is 0 Å². The second-order valence-electron chi connectivity index (χ2n) is 6.75. The lowest BCUT2D eigenvalue weighted by Gasteiger charge is -2.34. The number of carbonyl (C=O) groups excluding carboxylic acids is 2. The van der Waals surface area contributed by atoms with Crippen molar-refractivity contribution >= 4 is 11.8 Å². The first-order chi connectivity index (χ1) is 12.7. The van der Waals surface area contributed by atoms with Crippen LogP contribution in [0.25, 0.3) is 0 Å². The molecule has 0 saturated carbocycles. The lowest BCUT2D eigenvalue weighted by atomic mass is 9.96. The van der Waals surface area contributed by atoms with Crippen LogP contribution < -0.4 is 5.32 Å². The summed E-state index contributed by atoms with van der Waals surface area (Å²) < 4.78 is 5.23. The molecule has 1 aliphatic rings. The molecule has 0 bridgehead atoms. The molecule has 26 heavy (non-hydrogen) atoms. The van der Waals surface area contributed by atoms with Gasteiger partial charge in [-0.25, -0.2) is 0 Å². The van der Waals surface area contributed by atoms with E-state index in [9.17, 15) is 9.59 Å². The molecule has 1 aromatic heterocycles. The number of likely N-dealkylation sites (tertiary alicyclic amines) is 1. The SMILES string of the molecule is CCC(CNC(=O)C1CCCCN1C(=O)c1ccco1)c1ccccc1. The highest BCUT2D eigenvalue weighted by atomic mass is 16.3. The molecule has 1 aromatic carbocycles. The molecular formula is C21H26N2O3. The zero-order chi connectivity index (χ0) is 18.4. The Kier molecular flexibility index (Phi) is 6.10. The van der Waals surface area contributed by atoms with Crippen molar-refractivity contribution in [3.05, 3.63) is 60.1 Å². The predicted molar refractivity (Wildman–Crippen MR) is 99.9 cm³/mol. The van der Waals surface area contributed by atoms with Crippen LogP contribution in [-0.4, -0.2) is 35.8 Å². The van der Waals surface area contributed by atoms with Crippen LogP contribution >= 0.6 is 0 Å². The van der Waals surface area contributed by atoms with Gasteiger partial charge in [0.15, 0.2) is 5.76 Å². The maximum Gasteiger partial charge on any atom is 0.290 e. The van der Waals surface area contributed by atoms with Crippen LogP contribution in [-0.2, 0) is 4.79 Å². The monoisotopic (exact) mass is 354 g/mol. The minimum Gasteiger partial charge on any atom is -0.459 e. The van der Waals surface area contributed by atoms with E-state index in [0.717, 1.165) is 19.3 Å². The van der Waals surface area contributed by atoms with Gasteiger partial charge in [-0.1, -0.05) is 37.3 Å². The Labute approximate surface area is 154 Å². The number of piperidine rings is 1. The van der Waals surface area contributed by atoms with Crippen molar-refractivity contribution in [2.24, 2.45) is 0 Å². The summed E-state index contributed by atoms with van der Waals surface area (Å²) in [6.45, 7) is 3.29. The molecule has 0 aliphatic carbocycles. The third kappa shape index (κ3) is 4.15. The van der Waals surface area contributed by atoms with Crippen molar-refractivity contribution in [2.75, 3.05) is 13.1 Å². The topological polar surface area (TPSA) is 62.6 Å². The second-order valence-corrected chi connectivity index (χ2v) is 6.75. The maximum atomic E-state index is 12.8. The van der Waals surface area contributed by atoms with Crippen molar-refractivity contribution in [3.8, 4) is 0 Å². The molecule has 5 nitrogen and oxygen atoms in total. The molecule has 0 radical (unpaired) electrons. The molecule has 0 spiro atoms. The van der Waals surface area contributed by atoms with Gasteiger partial charge in [0.1, 0.15) is 6.04 Å². The molecule has 3 rings (SSSR count). The highest BCUT2D eigenvalue weighted by Gasteiger charge is 2.33. The van der Waals surface area contributed by atoms with Crippen LogP contribution in [0.1, 0.15) is 54.6 Å². The molecule has 2 aromatic rings. The van der Waals surface area contributed by atoms with Crippen LogP contribution in [0, 0.1) is 0 Å². The first-order valence-electron chi connectivity index (χ1n) is 9.37. The largest absolute Gasteiger partial charge is 0.459 e. The van der Waals surface area contributed by atoms with Crippen LogP contribution in [0.3, 0.4) is 0 Å². The van der Waals surface area contributed by atoms with Gasteiger partial charge in [-0.05, 0) is 43.4 Å². The molecule has 2 unspecified atom stereocenters. The Balaban J connectivity index is 1.64.